The average molecular weight is 529 g/mol. The third-order valence-corrected chi connectivity index (χ3v) is 6.96. The Morgan fingerprint density at radius 1 is 1.21 bits per heavy atom. The van der Waals surface area contributed by atoms with Crippen LogP contribution < -0.4 is 15.8 Å². The van der Waals surface area contributed by atoms with E-state index >= 15 is 0 Å². The van der Waals surface area contributed by atoms with Gasteiger partial charge in [-0.3, -0.25) is 19.0 Å². The van der Waals surface area contributed by atoms with Crippen molar-refractivity contribution in [3.8, 4) is 5.75 Å². The van der Waals surface area contributed by atoms with Crippen LogP contribution in [0, 0.1) is 0 Å². The number of rotatable bonds is 6. The molecule has 0 aliphatic carbocycles. The first-order valence-corrected chi connectivity index (χ1v) is 12.5. The second-order valence-electron chi connectivity index (χ2n) is 9.33. The zero-order valence-corrected chi connectivity index (χ0v) is 21.8. The molecule has 1 aliphatic heterocycles. The lowest BCUT2D eigenvalue weighted by atomic mass is 9.87. The molecule has 11 heteroatoms. The summed E-state index contributed by atoms with van der Waals surface area (Å²) in [6.07, 6.45) is 3.13. The summed E-state index contributed by atoms with van der Waals surface area (Å²) in [5, 5.41) is 16.6. The van der Waals surface area contributed by atoms with Crippen LogP contribution in [-0.2, 0) is 13.5 Å². The van der Waals surface area contributed by atoms with E-state index in [-0.39, 0.29) is 17.5 Å². The average Bonchev–Trinajstić information content (AvgIpc) is 3.47. The van der Waals surface area contributed by atoms with Gasteiger partial charge >= 0.3 is 0 Å². The molecular formula is C28H28N6O5. The number of amides is 2. The number of nitrogens with one attached hydrogen (secondary N) is 1. The van der Waals surface area contributed by atoms with E-state index in [1.807, 2.05) is 60.4 Å². The summed E-state index contributed by atoms with van der Waals surface area (Å²) in [5.74, 6) is -1.43. The van der Waals surface area contributed by atoms with Gasteiger partial charge in [0, 0.05) is 32.7 Å². The van der Waals surface area contributed by atoms with Crippen LogP contribution in [0.15, 0.2) is 70.3 Å². The van der Waals surface area contributed by atoms with E-state index in [1.54, 1.807) is 11.9 Å². The first kappa shape index (κ1) is 25.7. The highest BCUT2D eigenvalue weighted by atomic mass is 16.5. The van der Waals surface area contributed by atoms with Crippen molar-refractivity contribution in [3.63, 3.8) is 0 Å². The molecule has 4 aromatic rings. The molecule has 0 saturated heterocycles. The Bertz CT molecular complexity index is 1580. The zero-order chi connectivity index (χ0) is 27.7. The molecule has 0 fully saturated rings. The van der Waals surface area contributed by atoms with Gasteiger partial charge in [-0.15, -0.1) is 0 Å². The lowest BCUT2D eigenvalue weighted by molar-refractivity contribution is 0.0802. The standard InChI is InChI=1S/C28H28N6O5/c1-4-32(2)26(37)19-11-10-17-12-13-34(23(21(17)14-19)18-8-6-5-7-9-18)28-31-22(24(35)27(38)33(28)3)25(36)30-20-15-29-39-16-20/h5-11,14-16,23,35H,4,12-13H2,1-3H3,(H,30,36). The van der Waals surface area contributed by atoms with Gasteiger partial charge in [0.15, 0.2) is 5.69 Å². The number of hydrogen-bond acceptors (Lipinski definition) is 8. The molecular weight excluding hydrogens is 500 g/mol. The van der Waals surface area contributed by atoms with Crippen molar-refractivity contribution >= 4 is 23.5 Å². The molecule has 0 spiro atoms. The predicted molar refractivity (Wildman–Crippen MR) is 144 cm³/mol. The highest BCUT2D eigenvalue weighted by Crippen LogP contribution is 2.38. The topological polar surface area (TPSA) is 134 Å². The quantitative estimate of drug-likeness (QED) is 0.390. The third-order valence-electron chi connectivity index (χ3n) is 6.96. The number of carbonyl (C=O) groups is 2. The molecule has 11 nitrogen and oxygen atoms in total. The van der Waals surface area contributed by atoms with Crippen LogP contribution in [-0.4, -0.2) is 56.7 Å². The predicted octanol–water partition coefficient (Wildman–Crippen LogP) is 2.97. The van der Waals surface area contributed by atoms with Crippen molar-refractivity contribution < 1.29 is 19.2 Å². The summed E-state index contributed by atoms with van der Waals surface area (Å²) in [6, 6.07) is 15.0. The third kappa shape index (κ3) is 4.74. The van der Waals surface area contributed by atoms with E-state index in [9.17, 15) is 19.5 Å². The first-order valence-electron chi connectivity index (χ1n) is 12.5. The van der Waals surface area contributed by atoms with Crippen molar-refractivity contribution in [1.29, 1.82) is 0 Å². The minimum Gasteiger partial charge on any atom is -0.501 e. The lowest BCUT2D eigenvalue weighted by Gasteiger charge is -2.39. The Balaban J connectivity index is 1.64. The van der Waals surface area contributed by atoms with E-state index in [2.05, 4.69) is 15.5 Å². The maximum Gasteiger partial charge on any atom is 0.297 e. The molecule has 0 radical (unpaired) electrons. The van der Waals surface area contributed by atoms with Gasteiger partial charge in [0.05, 0.1) is 12.2 Å². The van der Waals surface area contributed by atoms with Crippen molar-refractivity contribution in [2.24, 2.45) is 7.05 Å². The molecule has 1 atom stereocenters. The Hall–Kier alpha value is -4.93. The Labute approximate surface area is 224 Å². The van der Waals surface area contributed by atoms with Gasteiger partial charge in [0.1, 0.15) is 12.0 Å². The molecule has 0 bridgehead atoms. The smallest absolute Gasteiger partial charge is 0.297 e. The lowest BCUT2D eigenvalue weighted by Crippen LogP contribution is -2.41. The fourth-order valence-electron chi connectivity index (χ4n) is 4.77. The monoisotopic (exact) mass is 528 g/mol. The summed E-state index contributed by atoms with van der Waals surface area (Å²) in [6.45, 7) is 2.97. The molecule has 2 aromatic carbocycles. The van der Waals surface area contributed by atoms with Crippen LogP contribution >= 0.6 is 0 Å². The second kappa shape index (κ2) is 10.4. The highest BCUT2D eigenvalue weighted by Gasteiger charge is 2.33. The molecule has 2 N–H and O–H groups in total. The molecule has 200 valence electrons. The molecule has 1 unspecified atom stereocenters. The molecule has 3 heterocycles. The Morgan fingerprint density at radius 3 is 2.67 bits per heavy atom. The van der Waals surface area contributed by atoms with Crippen LogP contribution in [0.5, 0.6) is 5.75 Å². The molecule has 1 aliphatic rings. The number of fused-ring (bicyclic) bond motifs is 1. The second-order valence-corrected chi connectivity index (χ2v) is 9.33. The van der Waals surface area contributed by atoms with Gasteiger partial charge in [0.25, 0.3) is 17.4 Å². The number of benzene rings is 2. The Morgan fingerprint density at radius 2 is 1.97 bits per heavy atom. The minimum atomic E-state index is -0.779. The van der Waals surface area contributed by atoms with Crippen LogP contribution in [0.1, 0.15) is 50.5 Å². The Kier molecular flexibility index (Phi) is 6.88. The number of aromatic nitrogens is 3. The highest BCUT2D eigenvalue weighted by molar-refractivity contribution is 6.04. The summed E-state index contributed by atoms with van der Waals surface area (Å²) < 4.78 is 5.97. The van der Waals surface area contributed by atoms with Crippen LogP contribution in [0.25, 0.3) is 0 Å². The van der Waals surface area contributed by atoms with Crippen molar-refractivity contribution in [2.75, 3.05) is 30.4 Å². The van der Waals surface area contributed by atoms with Gasteiger partial charge in [0.2, 0.25) is 11.7 Å². The molecule has 39 heavy (non-hydrogen) atoms. The normalized spacial score (nSPS) is 14.5. The summed E-state index contributed by atoms with van der Waals surface area (Å²) in [7, 11) is 3.25. The van der Waals surface area contributed by atoms with Crippen molar-refractivity contribution in [1.82, 2.24) is 19.6 Å². The minimum absolute atomic E-state index is 0.0907. The number of nitrogens with zero attached hydrogens (tertiary/aromatic N) is 5. The van der Waals surface area contributed by atoms with E-state index in [0.29, 0.717) is 25.1 Å². The number of aromatic hydroxyl groups is 1. The van der Waals surface area contributed by atoms with Crippen molar-refractivity contribution in [2.45, 2.75) is 19.4 Å². The molecule has 5 rings (SSSR count). The number of hydrogen-bond donors (Lipinski definition) is 2. The summed E-state index contributed by atoms with van der Waals surface area (Å²) >= 11 is 0. The van der Waals surface area contributed by atoms with Crippen LogP contribution in [0.3, 0.4) is 0 Å². The van der Waals surface area contributed by atoms with Crippen LogP contribution in [0.4, 0.5) is 11.6 Å². The van der Waals surface area contributed by atoms with E-state index in [4.69, 9.17) is 4.52 Å². The fraction of sp³-hybridized carbons (Fsp3) is 0.250. The summed E-state index contributed by atoms with van der Waals surface area (Å²) in [4.78, 5) is 47.1. The van der Waals surface area contributed by atoms with E-state index < -0.39 is 29.0 Å². The molecule has 2 amide bonds. The fourth-order valence-corrected chi connectivity index (χ4v) is 4.77. The molecule has 0 saturated carbocycles. The van der Waals surface area contributed by atoms with Gasteiger partial charge in [-0.25, -0.2) is 4.98 Å². The number of carbonyl (C=O) groups excluding carboxylic acids is 2. The van der Waals surface area contributed by atoms with Crippen molar-refractivity contribution in [3.05, 3.63) is 99.3 Å². The maximum absolute atomic E-state index is 13.1. The maximum atomic E-state index is 13.1. The zero-order valence-electron chi connectivity index (χ0n) is 21.8. The molecule has 2 aromatic heterocycles. The van der Waals surface area contributed by atoms with Gasteiger partial charge < -0.3 is 24.7 Å². The first-order chi connectivity index (χ1) is 18.8. The van der Waals surface area contributed by atoms with E-state index in [0.717, 1.165) is 16.7 Å². The van der Waals surface area contributed by atoms with E-state index in [1.165, 1.54) is 24.1 Å². The number of anilines is 2. The van der Waals surface area contributed by atoms with Gasteiger partial charge in [-0.2, -0.15) is 0 Å². The largest absolute Gasteiger partial charge is 0.501 e. The van der Waals surface area contributed by atoms with Gasteiger partial charge in [-0.1, -0.05) is 41.6 Å². The van der Waals surface area contributed by atoms with Crippen LogP contribution in [0.2, 0.25) is 0 Å². The SMILES string of the molecule is CCN(C)C(=O)c1ccc2c(c1)C(c1ccccc1)N(c1nc(C(=O)Nc3cnoc3)c(O)c(=O)n1C)CC2. The van der Waals surface area contributed by atoms with Gasteiger partial charge in [-0.05, 0) is 42.2 Å². The summed E-state index contributed by atoms with van der Waals surface area (Å²) in [5.41, 5.74) is 2.53.